The lowest BCUT2D eigenvalue weighted by molar-refractivity contribution is 0.219. The Morgan fingerprint density at radius 2 is 2.38 bits per heavy atom. The molecule has 0 aromatic heterocycles. The molecule has 0 aliphatic carbocycles. The Morgan fingerprint density at radius 3 is 3.15 bits per heavy atom. The van der Waals surface area contributed by atoms with Gasteiger partial charge >= 0.3 is 0 Å². The zero-order chi connectivity index (χ0) is 9.26. The molecule has 2 rings (SSSR count). The average Bonchev–Trinajstić information content (AvgIpc) is 2.16. The quantitative estimate of drug-likeness (QED) is 0.595. The fourth-order valence-corrected chi connectivity index (χ4v) is 1.66. The van der Waals surface area contributed by atoms with Gasteiger partial charge in [0.05, 0.1) is 0 Å². The van der Waals surface area contributed by atoms with Crippen molar-refractivity contribution in [1.29, 1.82) is 0 Å². The molecule has 1 heterocycles. The largest absolute Gasteiger partial charge is 0.486 e. The smallest absolute Gasteiger partial charge is 0.123 e. The van der Waals surface area contributed by atoms with Crippen molar-refractivity contribution in [2.75, 3.05) is 0 Å². The van der Waals surface area contributed by atoms with Crippen LogP contribution < -0.4 is 4.74 Å². The molecule has 13 heavy (non-hydrogen) atoms. The van der Waals surface area contributed by atoms with Gasteiger partial charge in [0, 0.05) is 0 Å². The average molecular weight is 174 g/mol. The standard InChI is InChI=1S/C12H14O/c1-3-11-7-6-10-5-4-9(2)8-12(10)13-11/h3-5,8,11H,1,6-7H2,2H3. The normalized spacial score (nSPS) is 20.2. The van der Waals surface area contributed by atoms with Gasteiger partial charge in [-0.3, -0.25) is 0 Å². The Kier molecular flexibility index (Phi) is 2.09. The third-order valence-electron chi connectivity index (χ3n) is 2.46. The summed E-state index contributed by atoms with van der Waals surface area (Å²) in [5.41, 5.74) is 2.58. The van der Waals surface area contributed by atoms with E-state index in [0.29, 0.717) is 0 Å². The van der Waals surface area contributed by atoms with E-state index in [2.05, 4.69) is 31.7 Å². The lowest BCUT2D eigenvalue weighted by Gasteiger charge is -2.23. The van der Waals surface area contributed by atoms with Crippen LogP contribution in [0, 0.1) is 6.92 Å². The zero-order valence-electron chi connectivity index (χ0n) is 7.92. The molecule has 0 fully saturated rings. The SMILES string of the molecule is C=CC1CCc2ccc(C)cc2O1. The molecule has 1 unspecified atom stereocenters. The molecule has 1 heteroatoms. The van der Waals surface area contributed by atoms with Crippen LogP contribution in [0.5, 0.6) is 5.75 Å². The van der Waals surface area contributed by atoms with Crippen molar-refractivity contribution in [3.05, 3.63) is 42.0 Å². The molecule has 1 atom stereocenters. The number of hydrogen-bond donors (Lipinski definition) is 0. The van der Waals surface area contributed by atoms with E-state index >= 15 is 0 Å². The summed E-state index contributed by atoms with van der Waals surface area (Å²) in [6.45, 7) is 5.84. The molecule has 0 bridgehead atoms. The van der Waals surface area contributed by atoms with Crippen molar-refractivity contribution in [3.8, 4) is 5.75 Å². The maximum atomic E-state index is 5.74. The third kappa shape index (κ3) is 1.59. The van der Waals surface area contributed by atoms with Gasteiger partial charge in [0.2, 0.25) is 0 Å². The van der Waals surface area contributed by atoms with Gasteiger partial charge in [-0.15, -0.1) is 0 Å². The number of ether oxygens (including phenoxy) is 1. The van der Waals surface area contributed by atoms with Gasteiger partial charge in [-0.05, 0) is 37.0 Å². The molecule has 1 aromatic carbocycles. The Labute approximate surface area is 79.0 Å². The molecule has 68 valence electrons. The van der Waals surface area contributed by atoms with E-state index in [1.165, 1.54) is 11.1 Å². The molecular formula is C12H14O. The molecule has 1 aromatic rings. The topological polar surface area (TPSA) is 9.23 Å². The Bertz CT molecular complexity index is 328. The summed E-state index contributed by atoms with van der Waals surface area (Å²) < 4.78 is 5.74. The van der Waals surface area contributed by atoms with Crippen molar-refractivity contribution in [1.82, 2.24) is 0 Å². The first-order valence-corrected chi connectivity index (χ1v) is 4.68. The van der Waals surface area contributed by atoms with E-state index in [-0.39, 0.29) is 6.10 Å². The molecule has 0 spiro atoms. The maximum absolute atomic E-state index is 5.74. The van der Waals surface area contributed by atoms with Gasteiger partial charge < -0.3 is 4.74 Å². The van der Waals surface area contributed by atoms with Gasteiger partial charge in [0.1, 0.15) is 11.9 Å². The number of hydrogen-bond acceptors (Lipinski definition) is 1. The lowest BCUT2D eigenvalue weighted by Crippen LogP contribution is -2.19. The summed E-state index contributed by atoms with van der Waals surface area (Å²) in [5.74, 6) is 1.04. The minimum Gasteiger partial charge on any atom is -0.486 e. The summed E-state index contributed by atoms with van der Waals surface area (Å²) >= 11 is 0. The van der Waals surface area contributed by atoms with Crippen LogP contribution in [0.25, 0.3) is 0 Å². The second-order valence-corrected chi connectivity index (χ2v) is 3.54. The van der Waals surface area contributed by atoms with Crippen LogP contribution in [0.2, 0.25) is 0 Å². The van der Waals surface area contributed by atoms with Crippen LogP contribution in [0.3, 0.4) is 0 Å². The van der Waals surface area contributed by atoms with Crippen LogP contribution in [-0.4, -0.2) is 6.10 Å². The van der Waals surface area contributed by atoms with Crippen LogP contribution in [0.1, 0.15) is 17.5 Å². The predicted octanol–water partition coefficient (Wildman–Crippen LogP) is 2.87. The van der Waals surface area contributed by atoms with Crippen LogP contribution in [-0.2, 0) is 6.42 Å². The van der Waals surface area contributed by atoms with E-state index < -0.39 is 0 Å². The van der Waals surface area contributed by atoms with Gasteiger partial charge in [0.15, 0.2) is 0 Å². The molecule has 0 radical (unpaired) electrons. The van der Waals surface area contributed by atoms with E-state index in [1.54, 1.807) is 0 Å². The summed E-state index contributed by atoms with van der Waals surface area (Å²) in [7, 11) is 0. The van der Waals surface area contributed by atoms with Crippen molar-refractivity contribution in [3.63, 3.8) is 0 Å². The van der Waals surface area contributed by atoms with Gasteiger partial charge in [-0.2, -0.15) is 0 Å². The lowest BCUT2D eigenvalue weighted by atomic mass is 10.0. The second-order valence-electron chi connectivity index (χ2n) is 3.54. The Balaban J connectivity index is 2.32. The molecule has 0 N–H and O–H groups in total. The Hall–Kier alpha value is -1.24. The molecule has 1 aliphatic rings. The van der Waals surface area contributed by atoms with E-state index in [4.69, 9.17) is 4.74 Å². The second kappa shape index (κ2) is 3.25. The van der Waals surface area contributed by atoms with Gasteiger partial charge in [-0.1, -0.05) is 24.8 Å². The maximum Gasteiger partial charge on any atom is 0.123 e. The van der Waals surface area contributed by atoms with Crippen LogP contribution >= 0.6 is 0 Å². The van der Waals surface area contributed by atoms with Gasteiger partial charge in [-0.25, -0.2) is 0 Å². The minimum atomic E-state index is 0.203. The van der Waals surface area contributed by atoms with Crippen molar-refractivity contribution >= 4 is 0 Å². The number of rotatable bonds is 1. The first-order chi connectivity index (χ1) is 6.29. The highest BCUT2D eigenvalue weighted by atomic mass is 16.5. The highest BCUT2D eigenvalue weighted by Gasteiger charge is 2.16. The molecule has 0 saturated heterocycles. The Morgan fingerprint density at radius 1 is 1.54 bits per heavy atom. The van der Waals surface area contributed by atoms with E-state index in [9.17, 15) is 0 Å². The fraction of sp³-hybridized carbons (Fsp3) is 0.333. The van der Waals surface area contributed by atoms with Gasteiger partial charge in [0.25, 0.3) is 0 Å². The number of benzene rings is 1. The van der Waals surface area contributed by atoms with Crippen LogP contribution in [0.15, 0.2) is 30.9 Å². The fourth-order valence-electron chi connectivity index (χ4n) is 1.66. The molecule has 0 saturated carbocycles. The number of fused-ring (bicyclic) bond motifs is 1. The molecule has 0 amide bonds. The highest BCUT2D eigenvalue weighted by molar-refractivity contribution is 5.39. The first kappa shape index (κ1) is 8.36. The van der Waals surface area contributed by atoms with Crippen molar-refractivity contribution < 1.29 is 4.74 Å². The summed E-state index contributed by atoms with van der Waals surface area (Å²) in [6, 6.07) is 6.39. The minimum absolute atomic E-state index is 0.203. The van der Waals surface area contributed by atoms with E-state index in [1.807, 2.05) is 6.08 Å². The zero-order valence-corrected chi connectivity index (χ0v) is 7.92. The summed E-state index contributed by atoms with van der Waals surface area (Å²) in [4.78, 5) is 0. The predicted molar refractivity (Wildman–Crippen MR) is 54.1 cm³/mol. The van der Waals surface area contributed by atoms with E-state index in [0.717, 1.165) is 18.6 Å². The summed E-state index contributed by atoms with van der Waals surface area (Å²) in [6.07, 6.45) is 4.24. The molecule has 1 nitrogen and oxygen atoms in total. The monoisotopic (exact) mass is 174 g/mol. The third-order valence-corrected chi connectivity index (χ3v) is 2.46. The molecular weight excluding hydrogens is 160 g/mol. The number of aryl methyl sites for hydroxylation is 2. The first-order valence-electron chi connectivity index (χ1n) is 4.68. The summed E-state index contributed by atoms with van der Waals surface area (Å²) in [5, 5.41) is 0. The van der Waals surface area contributed by atoms with Crippen molar-refractivity contribution in [2.45, 2.75) is 25.9 Å². The molecule has 1 aliphatic heterocycles. The highest BCUT2D eigenvalue weighted by Crippen LogP contribution is 2.28. The van der Waals surface area contributed by atoms with Crippen LogP contribution in [0.4, 0.5) is 0 Å². The van der Waals surface area contributed by atoms with Crippen molar-refractivity contribution in [2.24, 2.45) is 0 Å².